The van der Waals surface area contributed by atoms with E-state index in [1.54, 1.807) is 11.3 Å². The fourth-order valence-electron chi connectivity index (χ4n) is 0.737. The smallest absolute Gasteiger partial charge is 0.0412 e. The summed E-state index contributed by atoms with van der Waals surface area (Å²) in [6.07, 6.45) is 4.00. The summed E-state index contributed by atoms with van der Waals surface area (Å²) in [6, 6.07) is 0. The molecule has 2 N–H and O–H groups in total. The van der Waals surface area contributed by atoms with Gasteiger partial charge < -0.3 is 5.73 Å². The maximum atomic E-state index is 5.34. The van der Waals surface area contributed by atoms with Gasteiger partial charge >= 0.3 is 0 Å². The molecule has 0 amide bonds. The third-order valence-corrected chi connectivity index (χ3v) is 3.71. The van der Waals surface area contributed by atoms with Crippen LogP contribution in [0.2, 0.25) is 0 Å². The molecule has 0 aromatic carbocycles. The summed E-state index contributed by atoms with van der Waals surface area (Å²) in [5.74, 6) is 0. The van der Waals surface area contributed by atoms with Crippen LogP contribution >= 0.6 is 27.3 Å². The zero-order valence-corrected chi connectivity index (χ0v) is 8.71. The Morgan fingerprint density at radius 2 is 2.45 bits per heavy atom. The monoisotopic (exact) mass is 231 g/mol. The molecule has 1 aromatic rings. The molecule has 0 aliphatic heterocycles. The summed E-state index contributed by atoms with van der Waals surface area (Å²) in [6.45, 7) is 2.68. The lowest BCUT2D eigenvalue weighted by Crippen LogP contribution is -1.91. The van der Waals surface area contributed by atoms with E-state index < -0.39 is 0 Å². The number of aryl methyl sites for hydroxylation is 1. The summed E-state index contributed by atoms with van der Waals surface area (Å²) in [4.78, 5) is 1.24. The van der Waals surface area contributed by atoms with E-state index in [1.807, 2.05) is 12.2 Å². The van der Waals surface area contributed by atoms with E-state index in [-0.39, 0.29) is 0 Å². The first kappa shape index (κ1) is 8.97. The first-order valence-corrected chi connectivity index (χ1v) is 5.03. The number of hydrogen-bond acceptors (Lipinski definition) is 2. The van der Waals surface area contributed by atoms with Gasteiger partial charge in [-0.05, 0) is 39.9 Å². The third kappa shape index (κ3) is 2.15. The zero-order chi connectivity index (χ0) is 8.27. The average molecular weight is 232 g/mol. The highest BCUT2D eigenvalue weighted by atomic mass is 79.9. The van der Waals surface area contributed by atoms with Crippen molar-refractivity contribution in [2.75, 3.05) is 6.54 Å². The Labute approximate surface area is 79.0 Å². The number of hydrogen-bond donors (Lipinski definition) is 1. The molecule has 0 atom stereocenters. The third-order valence-electron chi connectivity index (χ3n) is 1.33. The summed E-state index contributed by atoms with van der Waals surface area (Å²) < 4.78 is 1.19. The van der Waals surface area contributed by atoms with Gasteiger partial charge in [-0.15, -0.1) is 11.3 Å². The summed E-state index contributed by atoms with van der Waals surface area (Å²) >= 11 is 5.23. The largest absolute Gasteiger partial charge is 0.327 e. The standard InChI is InChI=1S/C8H10BrNS/c1-6-5-11-7(8(6)9)3-2-4-10/h2-3,5H,4,10H2,1H3/b3-2+. The van der Waals surface area contributed by atoms with Crippen molar-refractivity contribution in [3.05, 3.63) is 26.4 Å². The molecule has 0 bridgehead atoms. The van der Waals surface area contributed by atoms with Gasteiger partial charge in [0.15, 0.2) is 0 Å². The molecule has 1 nitrogen and oxygen atoms in total. The van der Waals surface area contributed by atoms with Crippen molar-refractivity contribution in [3.8, 4) is 0 Å². The normalized spacial score (nSPS) is 11.2. The van der Waals surface area contributed by atoms with Gasteiger partial charge in [-0.3, -0.25) is 0 Å². The molecule has 0 saturated carbocycles. The minimum absolute atomic E-state index is 0.601. The van der Waals surface area contributed by atoms with Crippen LogP contribution in [0.3, 0.4) is 0 Å². The molecule has 60 valence electrons. The highest BCUT2D eigenvalue weighted by Gasteiger charge is 2.00. The molecule has 0 spiro atoms. The van der Waals surface area contributed by atoms with Crippen LogP contribution in [0.15, 0.2) is 15.9 Å². The quantitative estimate of drug-likeness (QED) is 0.833. The van der Waals surface area contributed by atoms with Gasteiger partial charge in [0, 0.05) is 15.9 Å². The van der Waals surface area contributed by atoms with Crippen LogP contribution in [-0.4, -0.2) is 6.54 Å². The minimum atomic E-state index is 0.601. The zero-order valence-electron chi connectivity index (χ0n) is 6.30. The predicted octanol–water partition coefficient (Wildman–Crippen LogP) is 2.79. The maximum Gasteiger partial charge on any atom is 0.0412 e. The lowest BCUT2D eigenvalue weighted by atomic mass is 10.3. The Balaban J connectivity index is 2.87. The molecule has 0 unspecified atom stereocenters. The van der Waals surface area contributed by atoms with Crippen molar-refractivity contribution >= 4 is 33.3 Å². The van der Waals surface area contributed by atoms with E-state index in [1.165, 1.54) is 14.9 Å². The summed E-state index contributed by atoms with van der Waals surface area (Å²) in [7, 11) is 0. The first-order valence-electron chi connectivity index (χ1n) is 3.36. The molecule has 1 rings (SSSR count). The Morgan fingerprint density at radius 3 is 2.91 bits per heavy atom. The molecule has 0 aliphatic carbocycles. The second kappa shape index (κ2) is 4.04. The molecular formula is C8H10BrNS. The average Bonchev–Trinajstić information content (AvgIpc) is 2.31. The van der Waals surface area contributed by atoms with Crippen LogP contribution < -0.4 is 5.73 Å². The number of halogens is 1. The van der Waals surface area contributed by atoms with E-state index in [2.05, 4.69) is 28.2 Å². The van der Waals surface area contributed by atoms with Crippen molar-refractivity contribution in [2.24, 2.45) is 5.73 Å². The molecule has 1 aromatic heterocycles. The molecular weight excluding hydrogens is 222 g/mol. The van der Waals surface area contributed by atoms with Crippen LogP contribution in [0.5, 0.6) is 0 Å². The highest BCUT2D eigenvalue weighted by Crippen LogP contribution is 2.28. The van der Waals surface area contributed by atoms with Gasteiger partial charge in [0.05, 0.1) is 0 Å². The Kier molecular flexibility index (Phi) is 3.30. The fourth-order valence-corrected chi connectivity index (χ4v) is 2.28. The molecule has 0 radical (unpaired) electrons. The molecule has 0 fully saturated rings. The lowest BCUT2D eigenvalue weighted by Gasteiger charge is -1.88. The molecule has 0 saturated heterocycles. The van der Waals surface area contributed by atoms with Gasteiger partial charge in [0.2, 0.25) is 0 Å². The van der Waals surface area contributed by atoms with Gasteiger partial charge in [-0.25, -0.2) is 0 Å². The minimum Gasteiger partial charge on any atom is -0.327 e. The molecule has 1 heterocycles. The predicted molar refractivity (Wildman–Crippen MR) is 54.8 cm³/mol. The van der Waals surface area contributed by atoms with Crippen LogP contribution in [-0.2, 0) is 0 Å². The summed E-state index contributed by atoms with van der Waals surface area (Å²) in [5, 5.41) is 2.13. The van der Waals surface area contributed by atoms with Crippen molar-refractivity contribution in [1.82, 2.24) is 0 Å². The second-order valence-corrected chi connectivity index (χ2v) is 3.94. The van der Waals surface area contributed by atoms with Crippen LogP contribution in [0, 0.1) is 6.92 Å². The van der Waals surface area contributed by atoms with Gasteiger partial charge in [-0.2, -0.15) is 0 Å². The first-order chi connectivity index (χ1) is 5.25. The van der Waals surface area contributed by atoms with E-state index in [0.29, 0.717) is 6.54 Å². The number of rotatable bonds is 2. The van der Waals surface area contributed by atoms with Gasteiger partial charge in [-0.1, -0.05) is 6.08 Å². The van der Waals surface area contributed by atoms with Gasteiger partial charge in [0.1, 0.15) is 0 Å². The van der Waals surface area contributed by atoms with E-state index in [4.69, 9.17) is 5.73 Å². The summed E-state index contributed by atoms with van der Waals surface area (Å²) in [5.41, 5.74) is 6.62. The van der Waals surface area contributed by atoms with Crippen LogP contribution in [0.4, 0.5) is 0 Å². The molecule has 0 aliphatic rings. The van der Waals surface area contributed by atoms with E-state index in [0.717, 1.165) is 0 Å². The Hall–Kier alpha value is -0.120. The van der Waals surface area contributed by atoms with Crippen LogP contribution in [0.1, 0.15) is 10.4 Å². The Bertz CT molecular complexity index is 265. The number of thiophene rings is 1. The van der Waals surface area contributed by atoms with Crippen molar-refractivity contribution in [2.45, 2.75) is 6.92 Å². The van der Waals surface area contributed by atoms with Crippen molar-refractivity contribution in [1.29, 1.82) is 0 Å². The second-order valence-electron chi connectivity index (χ2n) is 2.24. The topological polar surface area (TPSA) is 26.0 Å². The SMILES string of the molecule is Cc1csc(/C=C/CN)c1Br. The molecule has 11 heavy (non-hydrogen) atoms. The molecule has 3 heteroatoms. The van der Waals surface area contributed by atoms with Crippen LogP contribution in [0.25, 0.3) is 6.08 Å². The lowest BCUT2D eigenvalue weighted by molar-refractivity contribution is 1.26. The van der Waals surface area contributed by atoms with Crippen molar-refractivity contribution in [3.63, 3.8) is 0 Å². The highest BCUT2D eigenvalue weighted by molar-refractivity contribution is 9.10. The number of nitrogens with two attached hydrogens (primary N) is 1. The van der Waals surface area contributed by atoms with Gasteiger partial charge in [0.25, 0.3) is 0 Å². The maximum absolute atomic E-state index is 5.34. The Morgan fingerprint density at radius 1 is 1.73 bits per heavy atom. The van der Waals surface area contributed by atoms with E-state index in [9.17, 15) is 0 Å². The van der Waals surface area contributed by atoms with Crippen molar-refractivity contribution < 1.29 is 0 Å². The van der Waals surface area contributed by atoms with E-state index >= 15 is 0 Å². The fraction of sp³-hybridized carbons (Fsp3) is 0.250.